The largest absolute Gasteiger partial charge is 0.340 e. The first-order chi connectivity index (χ1) is 19.1. The Labute approximate surface area is 224 Å². The fourth-order valence-electron chi connectivity index (χ4n) is 4.44. The number of imidazole rings is 1. The maximum absolute atomic E-state index is 13.3. The lowest BCUT2D eigenvalue weighted by molar-refractivity contribution is -0.118. The van der Waals surface area contributed by atoms with Gasteiger partial charge in [0.25, 0.3) is 5.91 Å². The molecule has 6 aromatic rings. The predicted molar refractivity (Wildman–Crippen MR) is 151 cm³/mol. The molecule has 0 aliphatic carbocycles. The van der Waals surface area contributed by atoms with Crippen LogP contribution in [0.4, 0.5) is 5.82 Å². The quantitative estimate of drug-likeness (QED) is 0.274. The number of nitrogens with one attached hydrogen (secondary N) is 3. The van der Waals surface area contributed by atoms with Gasteiger partial charge < -0.3 is 15.6 Å². The molecule has 190 valence electrons. The Hall–Kier alpha value is -5.37. The number of amides is 2. The first-order valence-electron chi connectivity index (χ1n) is 12.5. The fraction of sp³-hybridized carbons (Fsp3) is 0.0645. The van der Waals surface area contributed by atoms with E-state index in [9.17, 15) is 9.59 Å². The summed E-state index contributed by atoms with van der Waals surface area (Å²) in [4.78, 5) is 43.1. The van der Waals surface area contributed by atoms with Crippen LogP contribution in [0.25, 0.3) is 33.3 Å². The fourth-order valence-corrected chi connectivity index (χ4v) is 4.44. The number of nitrogens with zero attached hydrogens (tertiary/aromatic N) is 3. The molecule has 2 amide bonds. The zero-order valence-corrected chi connectivity index (χ0v) is 20.8. The number of aromatic nitrogens is 4. The van der Waals surface area contributed by atoms with Crippen molar-refractivity contribution in [2.75, 3.05) is 5.32 Å². The van der Waals surface area contributed by atoms with E-state index in [0.29, 0.717) is 40.4 Å². The molecule has 0 spiro atoms. The number of aromatic amines is 1. The van der Waals surface area contributed by atoms with Crippen LogP contribution in [0.5, 0.6) is 0 Å². The number of pyridine rings is 2. The van der Waals surface area contributed by atoms with Crippen molar-refractivity contribution in [2.24, 2.45) is 0 Å². The van der Waals surface area contributed by atoms with Gasteiger partial charge in [-0.15, -0.1) is 0 Å². The van der Waals surface area contributed by atoms with Crippen LogP contribution in [0, 0.1) is 0 Å². The van der Waals surface area contributed by atoms with Crippen molar-refractivity contribution in [3.63, 3.8) is 0 Å². The molecule has 0 bridgehead atoms. The molecule has 0 radical (unpaired) electrons. The number of hydrogen-bond acceptors (Lipinski definition) is 5. The highest BCUT2D eigenvalue weighted by atomic mass is 16.2. The molecule has 8 nitrogen and oxygen atoms in total. The Kier molecular flexibility index (Phi) is 6.49. The number of rotatable bonds is 7. The summed E-state index contributed by atoms with van der Waals surface area (Å²) in [5, 5.41) is 7.81. The second-order valence-electron chi connectivity index (χ2n) is 9.15. The van der Waals surface area contributed by atoms with E-state index in [0.717, 1.165) is 16.3 Å². The van der Waals surface area contributed by atoms with Crippen LogP contribution in [0.2, 0.25) is 0 Å². The predicted octanol–water partition coefficient (Wildman–Crippen LogP) is 5.15. The number of carbonyl (C=O) groups excluding carboxylic acids is 2. The van der Waals surface area contributed by atoms with Crippen LogP contribution in [0.1, 0.15) is 15.9 Å². The van der Waals surface area contributed by atoms with E-state index >= 15 is 0 Å². The zero-order chi connectivity index (χ0) is 26.6. The van der Waals surface area contributed by atoms with Gasteiger partial charge in [0, 0.05) is 29.8 Å². The van der Waals surface area contributed by atoms with Crippen molar-refractivity contribution >= 4 is 39.4 Å². The Morgan fingerprint density at radius 2 is 1.62 bits per heavy atom. The van der Waals surface area contributed by atoms with Crippen molar-refractivity contribution in [2.45, 2.75) is 12.5 Å². The van der Waals surface area contributed by atoms with E-state index in [4.69, 9.17) is 0 Å². The number of fused-ring (bicyclic) bond motifs is 2. The smallest absolute Gasteiger partial charge is 0.252 e. The molecule has 3 heterocycles. The van der Waals surface area contributed by atoms with Gasteiger partial charge in [0.05, 0.1) is 11.0 Å². The molecule has 0 aliphatic rings. The first-order valence-corrected chi connectivity index (χ1v) is 12.5. The Morgan fingerprint density at radius 1 is 0.821 bits per heavy atom. The van der Waals surface area contributed by atoms with Crippen molar-refractivity contribution in [1.29, 1.82) is 0 Å². The van der Waals surface area contributed by atoms with E-state index in [2.05, 4.69) is 30.6 Å². The number of carbonyl (C=O) groups is 2. The van der Waals surface area contributed by atoms with E-state index < -0.39 is 6.04 Å². The minimum atomic E-state index is -0.809. The molecule has 0 aliphatic heterocycles. The van der Waals surface area contributed by atoms with Gasteiger partial charge in [-0.3, -0.25) is 14.6 Å². The Morgan fingerprint density at radius 3 is 2.44 bits per heavy atom. The van der Waals surface area contributed by atoms with Gasteiger partial charge >= 0.3 is 0 Å². The summed E-state index contributed by atoms with van der Waals surface area (Å²) in [5.41, 5.74) is 3.46. The minimum absolute atomic E-state index is 0.329. The van der Waals surface area contributed by atoms with Crippen molar-refractivity contribution in [1.82, 2.24) is 25.3 Å². The number of hydrogen-bond donors (Lipinski definition) is 3. The zero-order valence-electron chi connectivity index (χ0n) is 20.8. The normalized spacial score (nSPS) is 11.8. The summed E-state index contributed by atoms with van der Waals surface area (Å²) in [7, 11) is 0. The second-order valence-corrected chi connectivity index (χ2v) is 9.15. The number of H-pyrrole nitrogens is 1. The monoisotopic (exact) mass is 512 g/mol. The Balaban J connectivity index is 1.25. The van der Waals surface area contributed by atoms with Gasteiger partial charge in [0.1, 0.15) is 17.6 Å². The molecule has 0 saturated carbocycles. The lowest BCUT2D eigenvalue weighted by atomic mass is 10.0. The maximum atomic E-state index is 13.3. The standard InChI is InChI=1S/C31H24N6O2/c38-30(36-27(16-20-8-2-1-3-9-20)31(39)37-28-12-6-7-15-32-28)22-13-14-24-25(18-22)35-29(34-24)26-17-21-10-4-5-11-23(21)19-33-26/h1-15,17-19,27H,16H2,(H,34,35)(H,36,38)(H,32,37,39). The molecule has 1 unspecified atom stereocenters. The highest BCUT2D eigenvalue weighted by Crippen LogP contribution is 2.23. The molecule has 1 atom stereocenters. The molecule has 8 heteroatoms. The van der Waals surface area contributed by atoms with Gasteiger partial charge in [-0.2, -0.15) is 0 Å². The van der Waals surface area contributed by atoms with Crippen LogP contribution in [-0.2, 0) is 11.2 Å². The molecule has 3 aromatic heterocycles. The van der Waals surface area contributed by atoms with Crippen LogP contribution in [0.3, 0.4) is 0 Å². The summed E-state index contributed by atoms with van der Waals surface area (Å²) in [5.74, 6) is 0.320. The molecule has 3 N–H and O–H groups in total. The molecular formula is C31H24N6O2. The number of benzene rings is 3. The van der Waals surface area contributed by atoms with Gasteiger partial charge in [0.15, 0.2) is 5.82 Å². The summed E-state index contributed by atoms with van der Waals surface area (Å²) in [6.45, 7) is 0. The van der Waals surface area contributed by atoms with Crippen LogP contribution in [-0.4, -0.2) is 37.8 Å². The summed E-state index contributed by atoms with van der Waals surface area (Å²) in [6.07, 6.45) is 3.75. The Bertz CT molecular complexity index is 1780. The molecule has 6 rings (SSSR count). The van der Waals surface area contributed by atoms with Gasteiger partial charge in [-0.25, -0.2) is 9.97 Å². The summed E-state index contributed by atoms with van der Waals surface area (Å²) >= 11 is 0. The van der Waals surface area contributed by atoms with E-state index in [1.54, 1.807) is 42.6 Å². The first kappa shape index (κ1) is 24.0. The average molecular weight is 513 g/mol. The van der Waals surface area contributed by atoms with Crippen LogP contribution >= 0.6 is 0 Å². The third kappa shape index (κ3) is 5.35. The third-order valence-corrected chi connectivity index (χ3v) is 6.44. The van der Waals surface area contributed by atoms with Crippen molar-refractivity contribution in [3.8, 4) is 11.5 Å². The lowest BCUT2D eigenvalue weighted by Gasteiger charge is -2.18. The van der Waals surface area contributed by atoms with Gasteiger partial charge in [-0.05, 0) is 47.3 Å². The summed E-state index contributed by atoms with van der Waals surface area (Å²) in [6, 6.07) is 29.2. The maximum Gasteiger partial charge on any atom is 0.252 e. The van der Waals surface area contributed by atoms with Crippen LogP contribution < -0.4 is 10.6 Å². The highest BCUT2D eigenvalue weighted by Gasteiger charge is 2.23. The molecule has 39 heavy (non-hydrogen) atoms. The molecule has 3 aromatic carbocycles. The van der Waals surface area contributed by atoms with Crippen molar-refractivity contribution < 1.29 is 9.59 Å². The molecular weight excluding hydrogens is 488 g/mol. The van der Waals surface area contributed by atoms with Crippen molar-refractivity contribution in [3.05, 3.63) is 121 Å². The topological polar surface area (TPSA) is 113 Å². The van der Waals surface area contributed by atoms with Gasteiger partial charge in [-0.1, -0.05) is 60.7 Å². The van der Waals surface area contributed by atoms with E-state index in [1.807, 2.05) is 66.9 Å². The van der Waals surface area contributed by atoms with Gasteiger partial charge in [0.2, 0.25) is 5.91 Å². The molecule has 0 saturated heterocycles. The third-order valence-electron chi connectivity index (χ3n) is 6.44. The second kappa shape index (κ2) is 10.5. The minimum Gasteiger partial charge on any atom is -0.340 e. The average Bonchev–Trinajstić information content (AvgIpc) is 3.41. The summed E-state index contributed by atoms with van der Waals surface area (Å²) < 4.78 is 0. The molecule has 0 fully saturated rings. The van der Waals surface area contributed by atoms with E-state index in [-0.39, 0.29) is 11.8 Å². The SMILES string of the molecule is O=C(NC(Cc1ccccc1)C(=O)Nc1ccccn1)c1ccc2nc(-c3cc4ccccc4cn3)[nH]c2c1. The van der Waals surface area contributed by atoms with Crippen LogP contribution in [0.15, 0.2) is 109 Å². The number of anilines is 1. The lowest BCUT2D eigenvalue weighted by Crippen LogP contribution is -2.45. The van der Waals surface area contributed by atoms with E-state index in [1.165, 1.54) is 0 Å². The highest BCUT2D eigenvalue weighted by molar-refractivity contribution is 6.02.